The topological polar surface area (TPSA) is 31.5 Å². The Labute approximate surface area is 52.2 Å². The van der Waals surface area contributed by atoms with Crippen molar-refractivity contribution in [2.45, 2.75) is 11.2 Å². The van der Waals surface area contributed by atoms with Gasteiger partial charge in [0.25, 0.3) is 0 Å². The molecule has 0 aliphatic carbocycles. The first-order chi connectivity index (χ1) is 2.00. The third-order valence-electron chi connectivity index (χ3n) is 0. The van der Waals surface area contributed by atoms with Gasteiger partial charge in [-0.1, -0.05) is 0 Å². The summed E-state index contributed by atoms with van der Waals surface area (Å²) >= 11 is 4.00. The second kappa shape index (κ2) is 66.7. The van der Waals surface area contributed by atoms with Gasteiger partial charge >= 0.3 is 46.6 Å². The fraction of sp³-hybridized carbons (Fsp3) is 1.00. The van der Waals surface area contributed by atoms with Gasteiger partial charge in [0.05, 0.1) is 0 Å². The van der Waals surface area contributed by atoms with E-state index in [1.54, 1.807) is 0 Å². The molecule has 2 N–H and O–H groups in total. The van der Waals surface area contributed by atoms with E-state index in [0.717, 1.165) is 0 Å². The molecule has 0 aromatic heterocycles. The van der Waals surface area contributed by atoms with Crippen LogP contribution in [0, 0.1) is 0 Å². The van der Waals surface area contributed by atoms with E-state index >= 15 is 0 Å². The first kappa shape index (κ1) is 16.4. The predicted molar refractivity (Wildman–Crippen MR) is 26.8 cm³/mol. The molecule has 0 aliphatic rings. The van der Waals surface area contributed by atoms with Gasteiger partial charge in [-0.25, -0.2) is 0 Å². The molecule has 0 aromatic rings. The second-order valence-electron chi connectivity index (χ2n) is 0. The Balaban J connectivity index is -0.0000000133. The zero-order valence-corrected chi connectivity index (χ0v) is 4.50. The summed E-state index contributed by atoms with van der Waals surface area (Å²) < 4.78 is 0. The third-order valence-corrected chi connectivity index (χ3v) is 0. The standard InChI is InChI=1S/2CH3.2Li.H2O/h2*1H3;;;1H2. The van der Waals surface area contributed by atoms with Crippen LogP contribution in [0.2, 0.25) is 11.2 Å². The van der Waals surface area contributed by atoms with Gasteiger partial charge < -0.3 is 5.48 Å². The summed E-state index contributed by atoms with van der Waals surface area (Å²) in [5, 5.41) is 0. The fourth-order valence-corrected chi connectivity index (χ4v) is 0. The molecule has 0 saturated carbocycles. The van der Waals surface area contributed by atoms with Gasteiger partial charge in [-0.3, -0.25) is 0 Å². The number of rotatable bonds is 0. The molecule has 0 atom stereocenters. The van der Waals surface area contributed by atoms with E-state index in [4.69, 9.17) is 0 Å². The van der Waals surface area contributed by atoms with Crippen molar-refractivity contribution in [2.75, 3.05) is 0 Å². The van der Waals surface area contributed by atoms with E-state index in [1.807, 2.05) is 46.6 Å². The first-order valence-corrected chi connectivity index (χ1v) is 2.00. The van der Waals surface area contributed by atoms with Gasteiger partial charge in [-0.05, 0) is 0 Å². The van der Waals surface area contributed by atoms with E-state index in [1.165, 1.54) is 0 Å². The van der Waals surface area contributed by atoms with Gasteiger partial charge in [0, 0.05) is 0 Å². The molecule has 0 aliphatic heterocycles. The maximum atomic E-state index is 2.00. The second-order valence-corrected chi connectivity index (χ2v) is 0. The van der Waals surface area contributed by atoms with E-state index in [2.05, 4.69) is 0 Å². The molecule has 0 radical (unpaired) electrons. The molecule has 0 rings (SSSR count). The molecule has 1 nitrogen and oxygen atoms in total. The van der Waals surface area contributed by atoms with E-state index in [0.29, 0.717) is 0 Å². The van der Waals surface area contributed by atoms with Gasteiger partial charge in [0.2, 0.25) is 0 Å². The quantitative estimate of drug-likeness (QED) is 0.341. The molecule has 0 aromatic carbocycles. The summed E-state index contributed by atoms with van der Waals surface area (Å²) in [4.78, 5) is 0. The third kappa shape index (κ3) is 38.5. The maximum absolute atomic E-state index is 2.00. The van der Waals surface area contributed by atoms with E-state index < -0.39 is 0 Å². The van der Waals surface area contributed by atoms with Crippen molar-refractivity contribution in [1.82, 2.24) is 0 Å². The Hall–Kier alpha value is 1.15. The van der Waals surface area contributed by atoms with E-state index in [9.17, 15) is 0 Å². The van der Waals surface area contributed by atoms with Gasteiger partial charge in [-0.15, -0.1) is 0 Å². The van der Waals surface area contributed by atoms with Crippen LogP contribution >= 0.6 is 0 Å². The van der Waals surface area contributed by atoms with Crippen molar-refractivity contribution in [2.24, 2.45) is 0 Å². The first-order valence-electron chi connectivity index (χ1n) is 2.00. The van der Waals surface area contributed by atoms with Crippen molar-refractivity contribution in [3.05, 3.63) is 0 Å². The number of hydrogen-bond donors (Lipinski definition) is 0. The van der Waals surface area contributed by atoms with Crippen LogP contribution < -0.4 is 0 Å². The molecule has 0 spiro atoms. The Kier molecular flexibility index (Phi) is 219. The van der Waals surface area contributed by atoms with Crippen LogP contribution in [0.1, 0.15) is 0 Å². The minimum atomic E-state index is 0. The average Bonchev–Trinajstić information content (AvgIpc) is 1.50. The van der Waals surface area contributed by atoms with Crippen molar-refractivity contribution >= 4 is 35.4 Å². The molecular formula is C2H8Li2O. The molecule has 0 bridgehead atoms. The Morgan fingerprint density at radius 3 is 0.800 bits per heavy atom. The zero-order valence-electron chi connectivity index (χ0n) is 4.50. The monoisotopic (exact) mass is 62.1 g/mol. The molecule has 0 saturated heterocycles. The van der Waals surface area contributed by atoms with Crippen LogP contribution in [0.15, 0.2) is 0 Å². The average molecular weight is 62.0 g/mol. The molecule has 0 heterocycles. The van der Waals surface area contributed by atoms with Crippen molar-refractivity contribution < 1.29 is 5.48 Å². The minimum absolute atomic E-state index is 0. The van der Waals surface area contributed by atoms with Crippen LogP contribution in [-0.4, -0.2) is 40.9 Å². The summed E-state index contributed by atoms with van der Waals surface area (Å²) in [5.41, 5.74) is 4.00. The van der Waals surface area contributed by atoms with Crippen LogP contribution in [0.4, 0.5) is 0 Å². The summed E-state index contributed by atoms with van der Waals surface area (Å²) in [6.45, 7) is 0. The predicted octanol–water partition coefficient (Wildman–Crippen LogP) is -0.419. The molecule has 0 fully saturated rings. The van der Waals surface area contributed by atoms with Crippen molar-refractivity contribution in [3.8, 4) is 0 Å². The van der Waals surface area contributed by atoms with Gasteiger partial charge in [0.15, 0.2) is 0 Å². The van der Waals surface area contributed by atoms with Crippen molar-refractivity contribution in [1.29, 1.82) is 0 Å². The molecule has 0 unspecified atom stereocenters. The van der Waals surface area contributed by atoms with Crippen LogP contribution in [0.5, 0.6) is 0 Å². The fourth-order valence-electron chi connectivity index (χ4n) is 0. The molecular weight excluding hydrogens is 53.9 g/mol. The summed E-state index contributed by atoms with van der Waals surface area (Å²) in [7, 11) is 0. The normalized spacial score (nSPS) is 2.80. The Morgan fingerprint density at radius 2 is 0.800 bits per heavy atom. The molecule has 0 amide bonds. The van der Waals surface area contributed by atoms with Crippen LogP contribution in [0.3, 0.4) is 0 Å². The summed E-state index contributed by atoms with van der Waals surface area (Å²) in [5.74, 6) is 0. The number of hydrogen-bond acceptors (Lipinski definition) is 0. The van der Waals surface area contributed by atoms with Gasteiger partial charge in [-0.2, -0.15) is 0 Å². The van der Waals surface area contributed by atoms with E-state index in [-0.39, 0.29) is 5.48 Å². The van der Waals surface area contributed by atoms with Crippen LogP contribution in [0.25, 0.3) is 0 Å². The Morgan fingerprint density at radius 1 is 0.800 bits per heavy atom. The molecule has 5 heavy (non-hydrogen) atoms. The summed E-state index contributed by atoms with van der Waals surface area (Å²) in [6, 6.07) is 0. The van der Waals surface area contributed by atoms with Crippen molar-refractivity contribution in [3.63, 3.8) is 0 Å². The molecule has 24 valence electrons. The molecule has 3 heteroatoms. The zero-order chi connectivity index (χ0) is 4.00. The van der Waals surface area contributed by atoms with Crippen LogP contribution in [-0.2, 0) is 0 Å². The summed E-state index contributed by atoms with van der Waals surface area (Å²) in [6.07, 6.45) is 0. The van der Waals surface area contributed by atoms with Gasteiger partial charge in [0.1, 0.15) is 0 Å². The SMILES string of the molecule is O.[Li][CH3].[Li][CH3]. The Bertz CT molecular complexity index is 7.61.